The van der Waals surface area contributed by atoms with E-state index in [1.807, 2.05) is 61.5 Å². The summed E-state index contributed by atoms with van der Waals surface area (Å²) in [4.78, 5) is 27.9. The van der Waals surface area contributed by atoms with E-state index in [9.17, 15) is 18.4 Å². The van der Waals surface area contributed by atoms with E-state index in [0.29, 0.717) is 11.3 Å². The van der Waals surface area contributed by atoms with E-state index >= 15 is 0 Å². The van der Waals surface area contributed by atoms with Crippen molar-refractivity contribution in [3.63, 3.8) is 0 Å². The molecule has 4 nitrogen and oxygen atoms in total. The summed E-state index contributed by atoms with van der Waals surface area (Å²) in [7, 11) is 0. The largest absolute Gasteiger partial charge is 0.457 e. The van der Waals surface area contributed by atoms with Gasteiger partial charge in [0.15, 0.2) is 0 Å². The third-order valence-electron chi connectivity index (χ3n) is 6.16. The van der Waals surface area contributed by atoms with Crippen molar-refractivity contribution in [2.24, 2.45) is 0 Å². The highest BCUT2D eigenvalue weighted by Crippen LogP contribution is 2.39. The SMILES string of the molecule is CC1=C(C(=O)OCc2ccccc2)C(c2ccccc2C)CC(=O)N1Cc1ccc(F)cc1F. The lowest BCUT2D eigenvalue weighted by Crippen LogP contribution is -2.38. The molecule has 0 fully saturated rings. The topological polar surface area (TPSA) is 46.6 Å². The average molecular weight is 462 g/mol. The normalized spacial score (nSPS) is 16.1. The number of esters is 1. The third kappa shape index (κ3) is 4.91. The van der Waals surface area contributed by atoms with Crippen LogP contribution in [-0.4, -0.2) is 16.8 Å². The second-order valence-corrected chi connectivity index (χ2v) is 8.39. The highest BCUT2D eigenvalue weighted by Gasteiger charge is 2.37. The van der Waals surface area contributed by atoms with E-state index in [1.54, 1.807) is 6.92 Å². The van der Waals surface area contributed by atoms with Crippen LogP contribution in [0.25, 0.3) is 0 Å². The van der Waals surface area contributed by atoms with Gasteiger partial charge in [0.05, 0.1) is 12.1 Å². The Kier molecular flexibility index (Phi) is 6.87. The van der Waals surface area contributed by atoms with Crippen LogP contribution in [0.1, 0.15) is 41.5 Å². The van der Waals surface area contributed by atoms with Crippen molar-refractivity contribution in [3.05, 3.63) is 118 Å². The highest BCUT2D eigenvalue weighted by atomic mass is 19.1. The van der Waals surface area contributed by atoms with Crippen molar-refractivity contribution in [3.8, 4) is 0 Å². The molecule has 3 aromatic carbocycles. The van der Waals surface area contributed by atoms with Crippen LogP contribution in [0, 0.1) is 18.6 Å². The summed E-state index contributed by atoms with van der Waals surface area (Å²) in [5.74, 6) is -2.68. The lowest BCUT2D eigenvalue weighted by atomic mass is 9.81. The maximum atomic E-state index is 14.3. The van der Waals surface area contributed by atoms with Crippen LogP contribution in [0.15, 0.2) is 84.1 Å². The molecule has 0 saturated carbocycles. The van der Waals surface area contributed by atoms with Gasteiger partial charge >= 0.3 is 5.97 Å². The molecule has 0 aromatic heterocycles. The van der Waals surface area contributed by atoms with E-state index < -0.39 is 23.5 Å². The molecular formula is C28H25F2NO3. The molecule has 0 spiro atoms. The van der Waals surface area contributed by atoms with Crippen LogP contribution in [0.3, 0.4) is 0 Å². The van der Waals surface area contributed by atoms with Crippen molar-refractivity contribution in [1.29, 1.82) is 0 Å². The van der Waals surface area contributed by atoms with Crippen molar-refractivity contribution in [2.75, 3.05) is 0 Å². The predicted molar refractivity (Wildman–Crippen MR) is 124 cm³/mol. The Labute approximate surface area is 197 Å². The zero-order valence-corrected chi connectivity index (χ0v) is 19.1. The minimum atomic E-state index is -0.741. The highest BCUT2D eigenvalue weighted by molar-refractivity contribution is 5.96. The number of hydrogen-bond acceptors (Lipinski definition) is 3. The van der Waals surface area contributed by atoms with Crippen molar-refractivity contribution < 1.29 is 23.1 Å². The van der Waals surface area contributed by atoms with Crippen LogP contribution < -0.4 is 0 Å². The molecule has 1 heterocycles. The minimum Gasteiger partial charge on any atom is -0.457 e. The molecule has 174 valence electrons. The number of nitrogens with zero attached hydrogens (tertiary/aromatic N) is 1. The van der Waals surface area contributed by atoms with E-state index in [0.717, 1.165) is 28.8 Å². The minimum absolute atomic E-state index is 0.0424. The van der Waals surface area contributed by atoms with Crippen LogP contribution in [0.2, 0.25) is 0 Å². The van der Waals surface area contributed by atoms with Crippen LogP contribution in [-0.2, 0) is 27.5 Å². The molecule has 0 radical (unpaired) electrons. The van der Waals surface area contributed by atoms with Gasteiger partial charge in [0.25, 0.3) is 0 Å². The molecule has 1 aliphatic heterocycles. The molecule has 3 aromatic rings. The van der Waals surface area contributed by atoms with Crippen molar-refractivity contribution in [1.82, 2.24) is 4.90 Å². The van der Waals surface area contributed by atoms with Gasteiger partial charge in [-0.25, -0.2) is 13.6 Å². The van der Waals surface area contributed by atoms with Gasteiger partial charge in [0.1, 0.15) is 18.2 Å². The van der Waals surface area contributed by atoms with E-state index in [1.165, 1.54) is 11.0 Å². The van der Waals surface area contributed by atoms with E-state index in [4.69, 9.17) is 4.74 Å². The first-order chi connectivity index (χ1) is 16.3. The summed E-state index contributed by atoms with van der Waals surface area (Å²) in [6.07, 6.45) is 0.0424. The summed E-state index contributed by atoms with van der Waals surface area (Å²) >= 11 is 0. The molecule has 1 amide bonds. The fourth-order valence-corrected chi connectivity index (χ4v) is 4.33. The van der Waals surface area contributed by atoms with Crippen LogP contribution in [0.4, 0.5) is 8.78 Å². The molecule has 6 heteroatoms. The number of carbonyl (C=O) groups excluding carboxylic acids is 2. The van der Waals surface area contributed by atoms with Gasteiger partial charge in [-0.2, -0.15) is 0 Å². The zero-order chi connectivity index (χ0) is 24.2. The number of amides is 1. The zero-order valence-electron chi connectivity index (χ0n) is 19.1. The number of carbonyl (C=O) groups is 2. The van der Waals surface area contributed by atoms with Crippen molar-refractivity contribution in [2.45, 2.75) is 39.3 Å². The molecule has 4 rings (SSSR count). The number of hydrogen-bond donors (Lipinski definition) is 0. The monoisotopic (exact) mass is 461 g/mol. The fraction of sp³-hybridized carbons (Fsp3) is 0.214. The number of rotatable bonds is 6. The molecule has 1 atom stereocenters. The second kappa shape index (κ2) is 10.00. The Morgan fingerprint density at radius 3 is 2.41 bits per heavy atom. The summed E-state index contributed by atoms with van der Waals surface area (Å²) in [6, 6.07) is 20.2. The Morgan fingerprint density at radius 2 is 1.71 bits per heavy atom. The number of allylic oxidation sites excluding steroid dienone is 1. The van der Waals surface area contributed by atoms with Gasteiger partial charge in [-0.1, -0.05) is 60.7 Å². The average Bonchev–Trinajstić information content (AvgIpc) is 2.82. The fourth-order valence-electron chi connectivity index (χ4n) is 4.33. The van der Waals surface area contributed by atoms with Gasteiger partial charge < -0.3 is 9.64 Å². The number of halogens is 2. The summed E-state index contributed by atoms with van der Waals surface area (Å²) in [5, 5.41) is 0. The lowest BCUT2D eigenvalue weighted by molar-refractivity contribution is -0.141. The van der Waals surface area contributed by atoms with Gasteiger partial charge in [0.2, 0.25) is 5.91 Å². The van der Waals surface area contributed by atoms with Gasteiger partial charge in [-0.15, -0.1) is 0 Å². The first-order valence-corrected chi connectivity index (χ1v) is 11.1. The third-order valence-corrected chi connectivity index (χ3v) is 6.16. The number of ether oxygens (including phenoxy) is 1. The van der Waals surface area contributed by atoms with Gasteiger partial charge in [0, 0.05) is 29.7 Å². The number of aryl methyl sites for hydroxylation is 1. The molecule has 34 heavy (non-hydrogen) atoms. The molecule has 1 aliphatic rings. The first kappa shape index (κ1) is 23.4. The Balaban J connectivity index is 1.71. The van der Waals surface area contributed by atoms with E-state index in [-0.39, 0.29) is 31.0 Å². The lowest BCUT2D eigenvalue weighted by Gasteiger charge is -2.35. The smallest absolute Gasteiger partial charge is 0.336 e. The van der Waals surface area contributed by atoms with Crippen LogP contribution >= 0.6 is 0 Å². The maximum Gasteiger partial charge on any atom is 0.336 e. The van der Waals surface area contributed by atoms with Crippen LogP contribution in [0.5, 0.6) is 0 Å². The van der Waals surface area contributed by atoms with E-state index in [2.05, 4.69) is 0 Å². The molecule has 0 aliphatic carbocycles. The van der Waals surface area contributed by atoms with Gasteiger partial charge in [-0.05, 0) is 36.6 Å². The quantitative estimate of drug-likeness (QED) is 0.436. The molecule has 0 bridgehead atoms. The molecule has 0 N–H and O–H groups in total. The standard InChI is InChI=1S/C28H25F2NO3/c1-18-8-6-7-11-23(18)24-15-26(32)31(16-21-12-13-22(29)14-25(21)30)19(2)27(24)28(33)34-17-20-9-4-3-5-10-20/h3-14,24H,15-17H2,1-2H3. The predicted octanol–water partition coefficient (Wildman–Crippen LogP) is 5.81. The number of benzene rings is 3. The first-order valence-electron chi connectivity index (χ1n) is 11.1. The second-order valence-electron chi connectivity index (χ2n) is 8.39. The molecular weight excluding hydrogens is 436 g/mol. The molecule has 0 saturated heterocycles. The Hall–Kier alpha value is -3.80. The summed E-state index contributed by atoms with van der Waals surface area (Å²) in [6.45, 7) is 3.59. The molecule has 1 unspecified atom stereocenters. The Bertz CT molecular complexity index is 1250. The maximum absolute atomic E-state index is 14.3. The summed E-state index contributed by atoms with van der Waals surface area (Å²) in [5.41, 5.74) is 3.62. The Morgan fingerprint density at radius 1 is 1.00 bits per heavy atom. The summed E-state index contributed by atoms with van der Waals surface area (Å²) < 4.78 is 33.3. The van der Waals surface area contributed by atoms with Gasteiger partial charge in [-0.3, -0.25) is 4.79 Å². The van der Waals surface area contributed by atoms with Crippen molar-refractivity contribution >= 4 is 11.9 Å².